The maximum Gasteiger partial charge on any atom is 0.228 e. The van der Waals surface area contributed by atoms with Crippen LogP contribution in [0.15, 0.2) is 48.5 Å². The molecule has 1 unspecified atom stereocenters. The number of piperazine rings is 1. The van der Waals surface area contributed by atoms with Crippen molar-refractivity contribution in [2.24, 2.45) is 5.92 Å². The van der Waals surface area contributed by atoms with Crippen molar-refractivity contribution in [1.29, 1.82) is 0 Å². The minimum Gasteiger partial charge on any atom is -0.494 e. The molecule has 0 saturated carbocycles. The second kappa shape index (κ2) is 10.4. The number of carbonyl (C=O) groups is 2. The average molecular weight is 490 g/mol. The third-order valence-corrected chi connectivity index (χ3v) is 6.80. The number of benzene rings is 2. The highest BCUT2D eigenvalue weighted by molar-refractivity contribution is 6.00. The van der Waals surface area contributed by atoms with Gasteiger partial charge in [-0.05, 0) is 60.7 Å². The minimum absolute atomic E-state index is 0.0147. The SMILES string of the molecule is CCOc1ccc(N2CC(C(=O)N3CCN(Cc4nnnn4-c4ccc(C)cc4)CC3)CC2=O)cc1. The van der Waals surface area contributed by atoms with Gasteiger partial charge in [-0.3, -0.25) is 14.5 Å². The van der Waals surface area contributed by atoms with Gasteiger partial charge in [0.2, 0.25) is 11.8 Å². The second-order valence-electron chi connectivity index (χ2n) is 9.28. The molecule has 0 spiro atoms. The van der Waals surface area contributed by atoms with E-state index < -0.39 is 0 Å². The summed E-state index contributed by atoms with van der Waals surface area (Å²) >= 11 is 0. The first-order valence-corrected chi connectivity index (χ1v) is 12.4. The zero-order chi connectivity index (χ0) is 25.1. The van der Waals surface area contributed by atoms with Crippen LogP contribution in [0.3, 0.4) is 0 Å². The van der Waals surface area contributed by atoms with Crippen LogP contribution in [0.5, 0.6) is 5.75 Å². The average Bonchev–Trinajstić information content (AvgIpc) is 3.52. The Morgan fingerprint density at radius 2 is 1.69 bits per heavy atom. The van der Waals surface area contributed by atoms with E-state index in [1.807, 2.05) is 67.3 Å². The van der Waals surface area contributed by atoms with Crippen LogP contribution in [0.1, 0.15) is 24.7 Å². The highest BCUT2D eigenvalue weighted by Crippen LogP contribution is 2.28. The number of aryl methyl sites for hydroxylation is 1. The normalized spacial score (nSPS) is 18.6. The zero-order valence-corrected chi connectivity index (χ0v) is 20.7. The highest BCUT2D eigenvalue weighted by Gasteiger charge is 2.38. The van der Waals surface area contributed by atoms with Gasteiger partial charge in [0.15, 0.2) is 5.82 Å². The van der Waals surface area contributed by atoms with Crippen LogP contribution >= 0.6 is 0 Å². The van der Waals surface area contributed by atoms with Gasteiger partial charge in [-0.1, -0.05) is 17.7 Å². The number of aromatic nitrogens is 4. The first-order valence-electron chi connectivity index (χ1n) is 12.4. The summed E-state index contributed by atoms with van der Waals surface area (Å²) in [5.74, 6) is 1.27. The molecule has 0 N–H and O–H groups in total. The number of ether oxygens (including phenoxy) is 1. The maximum absolute atomic E-state index is 13.2. The van der Waals surface area contributed by atoms with Crippen LogP contribution < -0.4 is 9.64 Å². The third-order valence-electron chi connectivity index (χ3n) is 6.80. The number of tetrazole rings is 1. The van der Waals surface area contributed by atoms with Crippen molar-refractivity contribution in [2.45, 2.75) is 26.8 Å². The fourth-order valence-electron chi connectivity index (χ4n) is 4.79. The van der Waals surface area contributed by atoms with E-state index in [1.54, 1.807) is 9.58 Å². The molecule has 10 nitrogen and oxygen atoms in total. The summed E-state index contributed by atoms with van der Waals surface area (Å²) in [5.41, 5.74) is 2.91. The first kappa shape index (κ1) is 23.9. The topological polar surface area (TPSA) is 96.7 Å². The number of anilines is 1. The third kappa shape index (κ3) is 5.08. The number of rotatable bonds is 7. The Labute approximate surface area is 210 Å². The fourth-order valence-corrected chi connectivity index (χ4v) is 4.79. The predicted octanol–water partition coefficient (Wildman–Crippen LogP) is 2.07. The molecule has 0 radical (unpaired) electrons. The van der Waals surface area contributed by atoms with Crippen molar-refractivity contribution in [3.05, 3.63) is 59.9 Å². The highest BCUT2D eigenvalue weighted by atomic mass is 16.5. The lowest BCUT2D eigenvalue weighted by Gasteiger charge is -2.35. The van der Waals surface area contributed by atoms with Crippen molar-refractivity contribution in [3.63, 3.8) is 0 Å². The molecule has 2 aliphatic rings. The summed E-state index contributed by atoms with van der Waals surface area (Å²) in [4.78, 5) is 31.8. The molecule has 2 aliphatic heterocycles. The number of amides is 2. The molecule has 10 heteroatoms. The Bertz CT molecular complexity index is 1200. The smallest absolute Gasteiger partial charge is 0.228 e. The van der Waals surface area contributed by atoms with Gasteiger partial charge < -0.3 is 14.5 Å². The van der Waals surface area contributed by atoms with Crippen LogP contribution in [-0.2, 0) is 16.1 Å². The van der Waals surface area contributed by atoms with Crippen LogP contribution in [0.4, 0.5) is 5.69 Å². The van der Waals surface area contributed by atoms with E-state index in [9.17, 15) is 9.59 Å². The van der Waals surface area contributed by atoms with Gasteiger partial charge >= 0.3 is 0 Å². The molecule has 2 amide bonds. The molecule has 2 fully saturated rings. The van der Waals surface area contributed by atoms with Crippen molar-refractivity contribution in [3.8, 4) is 11.4 Å². The van der Waals surface area contributed by atoms with Gasteiger partial charge in [-0.25, -0.2) is 0 Å². The van der Waals surface area contributed by atoms with Gasteiger partial charge in [0, 0.05) is 44.8 Å². The van der Waals surface area contributed by atoms with E-state index in [2.05, 4.69) is 20.4 Å². The standard InChI is InChI=1S/C26H31N7O3/c1-3-36-23-10-8-21(9-11-23)32-17-20(16-25(32)34)26(35)31-14-12-30(13-15-31)18-24-27-28-29-33(24)22-6-4-19(2)5-7-22/h4-11,20H,3,12-18H2,1-2H3. The molecule has 2 aromatic carbocycles. The van der Waals surface area contributed by atoms with Crippen LogP contribution in [-0.4, -0.2) is 81.2 Å². The van der Waals surface area contributed by atoms with Crippen molar-refractivity contribution in [2.75, 3.05) is 44.2 Å². The van der Waals surface area contributed by atoms with Gasteiger partial charge in [0.1, 0.15) is 5.75 Å². The summed E-state index contributed by atoms with van der Waals surface area (Å²) < 4.78 is 7.24. The number of nitrogens with zero attached hydrogens (tertiary/aromatic N) is 7. The van der Waals surface area contributed by atoms with Crippen molar-refractivity contribution >= 4 is 17.5 Å². The Morgan fingerprint density at radius 3 is 2.39 bits per heavy atom. The molecule has 5 rings (SSSR count). The summed E-state index contributed by atoms with van der Waals surface area (Å²) in [6, 6.07) is 15.5. The molecule has 36 heavy (non-hydrogen) atoms. The van der Waals surface area contributed by atoms with Crippen LogP contribution in [0.2, 0.25) is 0 Å². The van der Waals surface area contributed by atoms with Crippen molar-refractivity contribution in [1.82, 2.24) is 30.0 Å². The molecule has 2 saturated heterocycles. The van der Waals surface area contributed by atoms with Gasteiger partial charge in [-0.15, -0.1) is 5.10 Å². The molecule has 188 valence electrons. The Balaban J connectivity index is 1.15. The largest absolute Gasteiger partial charge is 0.494 e. The molecular weight excluding hydrogens is 458 g/mol. The summed E-state index contributed by atoms with van der Waals surface area (Å²) in [6.07, 6.45) is 0.248. The number of hydrogen-bond donors (Lipinski definition) is 0. The summed E-state index contributed by atoms with van der Waals surface area (Å²) in [6.45, 7) is 8.30. The molecule has 1 atom stereocenters. The molecule has 0 bridgehead atoms. The van der Waals surface area contributed by atoms with Crippen LogP contribution in [0.25, 0.3) is 5.69 Å². The number of carbonyl (C=O) groups excluding carboxylic acids is 2. The van der Waals surface area contributed by atoms with E-state index in [0.29, 0.717) is 32.8 Å². The Morgan fingerprint density at radius 1 is 1.00 bits per heavy atom. The lowest BCUT2D eigenvalue weighted by Crippen LogP contribution is -2.50. The van der Waals surface area contributed by atoms with Gasteiger partial charge in [-0.2, -0.15) is 4.68 Å². The monoisotopic (exact) mass is 489 g/mol. The van der Waals surface area contributed by atoms with E-state index in [4.69, 9.17) is 4.74 Å². The molecule has 1 aromatic heterocycles. The summed E-state index contributed by atoms with van der Waals surface area (Å²) in [5, 5.41) is 12.2. The second-order valence-corrected chi connectivity index (χ2v) is 9.28. The molecular formula is C26H31N7O3. The zero-order valence-electron chi connectivity index (χ0n) is 20.7. The molecule has 3 aromatic rings. The van der Waals surface area contributed by atoms with E-state index in [0.717, 1.165) is 36.0 Å². The van der Waals surface area contributed by atoms with Crippen LogP contribution in [0, 0.1) is 12.8 Å². The Hall–Kier alpha value is -3.79. The minimum atomic E-state index is -0.315. The lowest BCUT2D eigenvalue weighted by atomic mass is 10.1. The predicted molar refractivity (Wildman–Crippen MR) is 134 cm³/mol. The number of hydrogen-bond acceptors (Lipinski definition) is 7. The maximum atomic E-state index is 13.2. The Kier molecular flexibility index (Phi) is 6.95. The first-order chi connectivity index (χ1) is 17.5. The van der Waals surface area contributed by atoms with Gasteiger partial charge in [0.05, 0.1) is 24.8 Å². The van der Waals surface area contributed by atoms with Crippen molar-refractivity contribution < 1.29 is 14.3 Å². The van der Waals surface area contributed by atoms with E-state index >= 15 is 0 Å². The van der Waals surface area contributed by atoms with Gasteiger partial charge in [0.25, 0.3) is 0 Å². The molecule has 3 heterocycles. The van der Waals surface area contributed by atoms with E-state index in [-0.39, 0.29) is 24.2 Å². The quantitative estimate of drug-likeness (QED) is 0.501. The fraction of sp³-hybridized carbons (Fsp3) is 0.423. The molecule has 0 aliphatic carbocycles. The summed E-state index contributed by atoms with van der Waals surface area (Å²) in [7, 11) is 0. The van der Waals surface area contributed by atoms with E-state index in [1.165, 1.54) is 5.56 Å². The lowest BCUT2D eigenvalue weighted by molar-refractivity contribution is -0.137.